The van der Waals surface area contributed by atoms with Gasteiger partial charge in [0, 0.05) is 18.9 Å². The Morgan fingerprint density at radius 3 is 2.47 bits per heavy atom. The number of rotatable bonds is 6. The average Bonchev–Trinajstić information content (AvgIpc) is 2.27. The third-order valence-corrected chi connectivity index (χ3v) is 3.50. The predicted octanol–water partition coefficient (Wildman–Crippen LogP) is 1.01. The minimum Gasteiger partial charge on any atom is -0.469 e. The quantitative estimate of drug-likeness (QED) is 0.515. The third kappa shape index (κ3) is 3.04. The number of carbonyl (C=O) groups excluding carboxylic acids is 2. The molecule has 17 heavy (non-hydrogen) atoms. The van der Waals surface area contributed by atoms with Crippen LogP contribution < -0.4 is 0 Å². The highest BCUT2D eigenvalue weighted by atomic mass is 16.7. The van der Waals surface area contributed by atoms with Crippen LogP contribution in [-0.2, 0) is 23.8 Å². The highest BCUT2D eigenvalue weighted by Gasteiger charge is 2.50. The summed E-state index contributed by atoms with van der Waals surface area (Å²) >= 11 is 0. The summed E-state index contributed by atoms with van der Waals surface area (Å²) in [6, 6.07) is 0. The van der Waals surface area contributed by atoms with Crippen molar-refractivity contribution in [3.8, 4) is 0 Å². The Morgan fingerprint density at radius 1 is 1.35 bits per heavy atom. The van der Waals surface area contributed by atoms with Crippen molar-refractivity contribution in [3.63, 3.8) is 0 Å². The molecule has 98 valence electrons. The van der Waals surface area contributed by atoms with Crippen LogP contribution in [0.1, 0.15) is 20.3 Å². The lowest BCUT2D eigenvalue weighted by Gasteiger charge is -2.44. The SMILES string of the molecule is COCO[C@H]1C[C@H](C(=O)OC)[C@H]1[C@@H](C)C(C)=O. The van der Waals surface area contributed by atoms with E-state index in [0.717, 1.165) is 0 Å². The van der Waals surface area contributed by atoms with Gasteiger partial charge in [-0.15, -0.1) is 0 Å². The smallest absolute Gasteiger partial charge is 0.309 e. The van der Waals surface area contributed by atoms with Crippen molar-refractivity contribution in [1.29, 1.82) is 0 Å². The molecule has 1 aliphatic carbocycles. The Kier molecular flexibility index (Phi) is 5.08. The van der Waals surface area contributed by atoms with Gasteiger partial charge in [0.1, 0.15) is 12.6 Å². The van der Waals surface area contributed by atoms with Gasteiger partial charge in [-0.05, 0) is 13.3 Å². The molecule has 1 aliphatic rings. The van der Waals surface area contributed by atoms with E-state index in [0.29, 0.717) is 6.42 Å². The first kappa shape index (κ1) is 14.1. The van der Waals surface area contributed by atoms with Crippen LogP contribution in [0.15, 0.2) is 0 Å². The maximum Gasteiger partial charge on any atom is 0.309 e. The van der Waals surface area contributed by atoms with Crippen LogP contribution in [-0.4, -0.2) is 38.9 Å². The van der Waals surface area contributed by atoms with Gasteiger partial charge in [0.05, 0.1) is 19.1 Å². The Hall–Kier alpha value is -0.940. The second-order valence-electron chi connectivity index (χ2n) is 4.45. The number of ketones is 1. The standard InChI is InChI=1S/C12H20O5/c1-7(8(2)13)11-9(12(14)16-4)5-10(11)17-6-15-3/h7,9-11H,5-6H2,1-4H3/t7-,9-,10-,11+/m0/s1. The van der Waals surface area contributed by atoms with Gasteiger partial charge in [-0.2, -0.15) is 0 Å². The van der Waals surface area contributed by atoms with Crippen molar-refractivity contribution in [2.75, 3.05) is 21.0 Å². The van der Waals surface area contributed by atoms with Crippen LogP contribution in [0.25, 0.3) is 0 Å². The molecule has 5 nitrogen and oxygen atoms in total. The van der Waals surface area contributed by atoms with Crippen molar-refractivity contribution in [1.82, 2.24) is 0 Å². The number of carbonyl (C=O) groups is 2. The molecule has 1 rings (SSSR count). The molecule has 0 N–H and O–H groups in total. The van der Waals surface area contributed by atoms with Crippen LogP contribution in [0.5, 0.6) is 0 Å². The van der Waals surface area contributed by atoms with Gasteiger partial charge in [0.2, 0.25) is 0 Å². The molecule has 0 aromatic heterocycles. The second-order valence-corrected chi connectivity index (χ2v) is 4.45. The number of hydrogen-bond acceptors (Lipinski definition) is 5. The largest absolute Gasteiger partial charge is 0.469 e. The molecule has 0 radical (unpaired) electrons. The molecule has 4 atom stereocenters. The Morgan fingerprint density at radius 2 is 2.00 bits per heavy atom. The first-order chi connectivity index (χ1) is 8.02. The molecule has 0 aromatic carbocycles. The van der Waals surface area contributed by atoms with Crippen molar-refractivity contribution in [2.24, 2.45) is 17.8 Å². The van der Waals surface area contributed by atoms with Crippen molar-refractivity contribution < 1.29 is 23.8 Å². The monoisotopic (exact) mass is 244 g/mol. The summed E-state index contributed by atoms with van der Waals surface area (Å²) in [7, 11) is 2.90. The maximum atomic E-state index is 11.5. The molecular weight excluding hydrogens is 224 g/mol. The van der Waals surface area contributed by atoms with Crippen LogP contribution >= 0.6 is 0 Å². The predicted molar refractivity (Wildman–Crippen MR) is 60.2 cm³/mol. The van der Waals surface area contributed by atoms with Crippen LogP contribution in [0.4, 0.5) is 0 Å². The molecule has 0 bridgehead atoms. The summed E-state index contributed by atoms with van der Waals surface area (Å²) in [4.78, 5) is 22.9. The minimum atomic E-state index is -0.264. The van der Waals surface area contributed by atoms with E-state index in [-0.39, 0.29) is 42.4 Å². The average molecular weight is 244 g/mol. The fourth-order valence-electron chi connectivity index (χ4n) is 2.31. The summed E-state index contributed by atoms with van der Waals surface area (Å²) in [5.41, 5.74) is 0. The fourth-order valence-corrected chi connectivity index (χ4v) is 2.31. The van der Waals surface area contributed by atoms with Gasteiger partial charge in [0.25, 0.3) is 0 Å². The van der Waals surface area contributed by atoms with Gasteiger partial charge in [-0.25, -0.2) is 0 Å². The highest BCUT2D eigenvalue weighted by molar-refractivity contribution is 5.81. The Labute approximate surface area is 101 Å². The Balaban J connectivity index is 2.65. The van der Waals surface area contributed by atoms with E-state index in [1.54, 1.807) is 7.11 Å². The van der Waals surface area contributed by atoms with Gasteiger partial charge < -0.3 is 14.2 Å². The van der Waals surface area contributed by atoms with E-state index >= 15 is 0 Å². The lowest BCUT2D eigenvalue weighted by atomic mass is 9.64. The molecule has 0 unspecified atom stereocenters. The minimum absolute atomic E-state index is 0.0645. The van der Waals surface area contributed by atoms with Crippen LogP contribution in [0.2, 0.25) is 0 Å². The lowest BCUT2D eigenvalue weighted by molar-refractivity contribution is -0.185. The van der Waals surface area contributed by atoms with E-state index in [1.807, 2.05) is 6.92 Å². The number of esters is 1. The molecule has 0 saturated heterocycles. The van der Waals surface area contributed by atoms with Gasteiger partial charge in [0.15, 0.2) is 0 Å². The second kappa shape index (κ2) is 6.12. The zero-order valence-corrected chi connectivity index (χ0v) is 10.8. The summed E-state index contributed by atoms with van der Waals surface area (Å²) in [5, 5.41) is 0. The van der Waals surface area contributed by atoms with E-state index in [9.17, 15) is 9.59 Å². The molecule has 1 fully saturated rings. The van der Waals surface area contributed by atoms with Crippen molar-refractivity contribution in [3.05, 3.63) is 0 Å². The lowest BCUT2D eigenvalue weighted by Crippen LogP contribution is -2.52. The Bertz CT molecular complexity index is 289. The number of hydrogen-bond donors (Lipinski definition) is 0. The van der Waals surface area contributed by atoms with E-state index in [4.69, 9.17) is 14.2 Å². The summed E-state index contributed by atoms with van der Waals surface area (Å²) in [6.45, 7) is 3.54. The fraction of sp³-hybridized carbons (Fsp3) is 0.833. The summed E-state index contributed by atoms with van der Waals surface area (Å²) in [5.74, 6) is -0.736. The highest BCUT2D eigenvalue weighted by Crippen LogP contribution is 2.43. The topological polar surface area (TPSA) is 61.8 Å². The first-order valence-electron chi connectivity index (χ1n) is 5.71. The zero-order chi connectivity index (χ0) is 13.0. The van der Waals surface area contributed by atoms with Gasteiger partial charge >= 0.3 is 5.97 Å². The number of methoxy groups -OCH3 is 2. The van der Waals surface area contributed by atoms with E-state index in [2.05, 4.69) is 0 Å². The maximum absolute atomic E-state index is 11.5. The normalized spacial score (nSPS) is 29.3. The molecule has 0 heterocycles. The van der Waals surface area contributed by atoms with Crippen molar-refractivity contribution >= 4 is 11.8 Å². The van der Waals surface area contributed by atoms with E-state index < -0.39 is 0 Å². The molecular formula is C12H20O5. The number of ether oxygens (including phenoxy) is 3. The molecule has 0 aromatic rings. The van der Waals surface area contributed by atoms with Crippen LogP contribution in [0, 0.1) is 17.8 Å². The molecule has 1 saturated carbocycles. The van der Waals surface area contributed by atoms with E-state index in [1.165, 1.54) is 14.0 Å². The zero-order valence-electron chi connectivity index (χ0n) is 10.8. The molecule has 5 heteroatoms. The molecule has 0 amide bonds. The molecule has 0 aliphatic heterocycles. The van der Waals surface area contributed by atoms with Crippen LogP contribution in [0.3, 0.4) is 0 Å². The van der Waals surface area contributed by atoms with Gasteiger partial charge in [-0.3, -0.25) is 9.59 Å². The summed E-state index contributed by atoms with van der Waals surface area (Å²) in [6.07, 6.45) is 0.496. The molecule has 0 spiro atoms. The third-order valence-electron chi connectivity index (χ3n) is 3.50. The summed E-state index contributed by atoms with van der Waals surface area (Å²) < 4.78 is 15.0. The number of Topliss-reactive ketones (excluding diaryl/α,β-unsaturated/α-hetero) is 1. The van der Waals surface area contributed by atoms with Gasteiger partial charge in [-0.1, -0.05) is 6.92 Å². The van der Waals surface area contributed by atoms with Crippen molar-refractivity contribution in [2.45, 2.75) is 26.4 Å². The first-order valence-corrected chi connectivity index (χ1v) is 5.71.